The Balaban J connectivity index is 2.04. The lowest BCUT2D eigenvalue weighted by molar-refractivity contribution is 0.0955. The third-order valence-corrected chi connectivity index (χ3v) is 2.92. The zero-order chi connectivity index (χ0) is 15.9. The third kappa shape index (κ3) is 3.76. The summed E-state index contributed by atoms with van der Waals surface area (Å²) in [5, 5.41) is 13.4. The van der Waals surface area contributed by atoms with E-state index in [1.54, 1.807) is 36.4 Å². The number of benzene rings is 2. The van der Waals surface area contributed by atoms with Crippen LogP contribution in [-0.4, -0.2) is 31.4 Å². The zero-order valence-corrected chi connectivity index (χ0v) is 12.2. The van der Waals surface area contributed by atoms with Gasteiger partial charge in [-0.2, -0.15) is 5.10 Å². The minimum Gasteiger partial charge on any atom is -0.504 e. The van der Waals surface area contributed by atoms with Gasteiger partial charge in [0, 0.05) is 5.56 Å². The largest absolute Gasteiger partial charge is 0.504 e. The van der Waals surface area contributed by atoms with Gasteiger partial charge in [-0.1, -0.05) is 6.07 Å². The van der Waals surface area contributed by atoms with Crippen molar-refractivity contribution in [3.05, 3.63) is 53.6 Å². The molecule has 0 aliphatic heterocycles. The number of carbonyl (C=O) groups is 1. The Labute approximate surface area is 128 Å². The monoisotopic (exact) mass is 300 g/mol. The first-order valence-electron chi connectivity index (χ1n) is 6.48. The van der Waals surface area contributed by atoms with Crippen LogP contribution in [-0.2, 0) is 0 Å². The molecule has 0 heterocycles. The summed E-state index contributed by atoms with van der Waals surface area (Å²) in [6.45, 7) is 0. The van der Waals surface area contributed by atoms with Gasteiger partial charge in [0.2, 0.25) is 0 Å². The molecule has 0 bridgehead atoms. The fourth-order valence-corrected chi connectivity index (χ4v) is 1.77. The maximum Gasteiger partial charge on any atom is 0.271 e. The Bertz CT molecular complexity index is 698. The van der Waals surface area contributed by atoms with Gasteiger partial charge < -0.3 is 14.6 Å². The zero-order valence-electron chi connectivity index (χ0n) is 12.2. The molecule has 1 amide bonds. The number of hydrogen-bond acceptors (Lipinski definition) is 5. The van der Waals surface area contributed by atoms with E-state index in [-0.39, 0.29) is 11.7 Å². The van der Waals surface area contributed by atoms with Crippen molar-refractivity contribution in [1.82, 2.24) is 5.43 Å². The molecule has 2 rings (SSSR count). The van der Waals surface area contributed by atoms with Crippen LogP contribution in [0.3, 0.4) is 0 Å². The second-order valence-corrected chi connectivity index (χ2v) is 4.36. The molecule has 22 heavy (non-hydrogen) atoms. The van der Waals surface area contributed by atoms with Crippen LogP contribution in [0.1, 0.15) is 15.9 Å². The van der Waals surface area contributed by atoms with Gasteiger partial charge in [0.25, 0.3) is 5.91 Å². The van der Waals surface area contributed by atoms with E-state index in [2.05, 4.69) is 10.5 Å². The summed E-state index contributed by atoms with van der Waals surface area (Å²) in [6.07, 6.45) is 1.46. The predicted molar refractivity (Wildman–Crippen MR) is 82.7 cm³/mol. The van der Waals surface area contributed by atoms with Crippen LogP contribution >= 0.6 is 0 Å². The lowest BCUT2D eigenvalue weighted by Crippen LogP contribution is -2.17. The summed E-state index contributed by atoms with van der Waals surface area (Å²) in [4.78, 5) is 11.9. The number of amides is 1. The molecule has 0 spiro atoms. The molecule has 114 valence electrons. The molecule has 0 aromatic heterocycles. The second kappa shape index (κ2) is 7.12. The van der Waals surface area contributed by atoms with Gasteiger partial charge in [-0.05, 0) is 42.0 Å². The Morgan fingerprint density at radius 3 is 2.73 bits per heavy atom. The minimum atomic E-state index is -0.346. The fraction of sp³-hybridized carbons (Fsp3) is 0.125. The number of carbonyl (C=O) groups excluding carboxylic acids is 1. The molecule has 2 aromatic carbocycles. The summed E-state index contributed by atoms with van der Waals surface area (Å²) in [5.41, 5.74) is 3.55. The highest BCUT2D eigenvalue weighted by molar-refractivity contribution is 5.95. The number of nitrogens with one attached hydrogen (secondary N) is 1. The summed E-state index contributed by atoms with van der Waals surface area (Å²) in [6, 6.07) is 11.5. The number of phenols is 1. The van der Waals surface area contributed by atoms with Crippen LogP contribution < -0.4 is 14.9 Å². The molecule has 6 nitrogen and oxygen atoms in total. The lowest BCUT2D eigenvalue weighted by atomic mass is 10.2. The number of nitrogens with zero attached hydrogens (tertiary/aromatic N) is 1. The fourth-order valence-electron chi connectivity index (χ4n) is 1.77. The van der Waals surface area contributed by atoms with Crippen molar-refractivity contribution in [1.29, 1.82) is 0 Å². The first-order chi connectivity index (χ1) is 10.6. The van der Waals surface area contributed by atoms with Gasteiger partial charge in [0.15, 0.2) is 11.5 Å². The SMILES string of the molecule is COc1cccc(C(=O)NN=Cc2ccc(O)c(OC)c2)c1. The molecule has 6 heteroatoms. The molecule has 2 aromatic rings. The van der Waals surface area contributed by atoms with E-state index < -0.39 is 0 Å². The molecule has 0 aliphatic rings. The first kappa shape index (κ1) is 15.4. The average Bonchev–Trinajstić information content (AvgIpc) is 2.56. The maximum atomic E-state index is 11.9. The van der Waals surface area contributed by atoms with Crippen molar-refractivity contribution in [2.24, 2.45) is 5.10 Å². The molecule has 0 radical (unpaired) electrons. The molecule has 2 N–H and O–H groups in total. The smallest absolute Gasteiger partial charge is 0.271 e. The summed E-state index contributed by atoms with van der Waals surface area (Å²) < 4.78 is 10.1. The Morgan fingerprint density at radius 2 is 2.00 bits per heavy atom. The Kier molecular flexibility index (Phi) is 4.98. The van der Waals surface area contributed by atoms with E-state index in [0.29, 0.717) is 22.6 Å². The van der Waals surface area contributed by atoms with Crippen LogP contribution in [0, 0.1) is 0 Å². The van der Waals surface area contributed by atoms with Crippen LogP contribution in [0.25, 0.3) is 0 Å². The average molecular weight is 300 g/mol. The van der Waals surface area contributed by atoms with E-state index in [1.165, 1.54) is 26.5 Å². The van der Waals surface area contributed by atoms with Crippen LogP contribution in [0.4, 0.5) is 0 Å². The van der Waals surface area contributed by atoms with Gasteiger partial charge in [-0.3, -0.25) is 4.79 Å². The summed E-state index contributed by atoms with van der Waals surface area (Å²) >= 11 is 0. The van der Waals surface area contributed by atoms with Crippen molar-refractivity contribution in [2.45, 2.75) is 0 Å². The van der Waals surface area contributed by atoms with Crippen LogP contribution in [0.15, 0.2) is 47.6 Å². The highest BCUT2D eigenvalue weighted by Crippen LogP contribution is 2.25. The highest BCUT2D eigenvalue weighted by Gasteiger charge is 2.05. The molecule has 0 atom stereocenters. The number of hydrazone groups is 1. The Hall–Kier alpha value is -3.02. The van der Waals surface area contributed by atoms with Gasteiger partial charge >= 0.3 is 0 Å². The lowest BCUT2D eigenvalue weighted by Gasteiger charge is -2.04. The third-order valence-electron chi connectivity index (χ3n) is 2.92. The quantitative estimate of drug-likeness (QED) is 0.655. The maximum absolute atomic E-state index is 11.9. The molecule has 0 unspecified atom stereocenters. The van der Waals surface area contributed by atoms with E-state index in [0.717, 1.165) is 0 Å². The number of hydrogen-bond donors (Lipinski definition) is 2. The Morgan fingerprint density at radius 1 is 1.18 bits per heavy atom. The van der Waals surface area contributed by atoms with E-state index in [1.807, 2.05) is 0 Å². The number of aromatic hydroxyl groups is 1. The normalized spacial score (nSPS) is 10.5. The predicted octanol–water partition coefficient (Wildman–Crippen LogP) is 2.17. The van der Waals surface area contributed by atoms with E-state index >= 15 is 0 Å². The first-order valence-corrected chi connectivity index (χ1v) is 6.48. The molecular formula is C16H16N2O4. The van der Waals surface area contributed by atoms with Crippen molar-refractivity contribution in [2.75, 3.05) is 14.2 Å². The van der Waals surface area contributed by atoms with Gasteiger partial charge in [0.1, 0.15) is 5.75 Å². The van der Waals surface area contributed by atoms with E-state index in [4.69, 9.17) is 9.47 Å². The van der Waals surface area contributed by atoms with Crippen molar-refractivity contribution >= 4 is 12.1 Å². The van der Waals surface area contributed by atoms with Gasteiger partial charge in [-0.25, -0.2) is 5.43 Å². The van der Waals surface area contributed by atoms with Crippen LogP contribution in [0.5, 0.6) is 17.2 Å². The van der Waals surface area contributed by atoms with Crippen LogP contribution in [0.2, 0.25) is 0 Å². The molecule has 0 aliphatic carbocycles. The summed E-state index contributed by atoms with van der Waals surface area (Å²) in [7, 11) is 2.99. The topological polar surface area (TPSA) is 80.2 Å². The number of ether oxygens (including phenoxy) is 2. The molecule has 0 fully saturated rings. The standard InChI is InChI=1S/C16H16N2O4/c1-21-13-5-3-4-12(9-13)16(20)18-17-10-11-6-7-14(19)15(8-11)22-2/h3-10,19H,1-2H3,(H,18,20). The van der Waals surface area contributed by atoms with Gasteiger partial charge in [0.05, 0.1) is 20.4 Å². The van der Waals surface area contributed by atoms with Crippen molar-refractivity contribution < 1.29 is 19.4 Å². The number of rotatable bonds is 5. The molecule has 0 saturated carbocycles. The molecular weight excluding hydrogens is 284 g/mol. The van der Waals surface area contributed by atoms with E-state index in [9.17, 15) is 9.90 Å². The number of methoxy groups -OCH3 is 2. The summed E-state index contributed by atoms with van der Waals surface area (Å²) in [5.74, 6) is 0.629. The van der Waals surface area contributed by atoms with Crippen molar-refractivity contribution in [3.8, 4) is 17.2 Å². The van der Waals surface area contributed by atoms with Crippen molar-refractivity contribution in [3.63, 3.8) is 0 Å². The highest BCUT2D eigenvalue weighted by atomic mass is 16.5. The minimum absolute atomic E-state index is 0.0417. The molecule has 0 saturated heterocycles. The number of phenolic OH excluding ortho intramolecular Hbond substituents is 1. The van der Waals surface area contributed by atoms with Gasteiger partial charge in [-0.15, -0.1) is 0 Å². The second-order valence-electron chi connectivity index (χ2n) is 4.36.